The summed E-state index contributed by atoms with van der Waals surface area (Å²) in [7, 11) is 0. The Balaban J connectivity index is 1.28. The Labute approximate surface area is 271 Å². The van der Waals surface area contributed by atoms with E-state index >= 15 is 0 Å². The number of nitro groups is 2. The molecule has 0 unspecified atom stereocenters. The summed E-state index contributed by atoms with van der Waals surface area (Å²) in [6, 6.07) is 24.4. The van der Waals surface area contributed by atoms with Crippen LogP contribution in [0.3, 0.4) is 0 Å². The quantitative estimate of drug-likeness (QED) is 0.170. The molecular weight excluding hydrogens is 620 g/mol. The predicted molar refractivity (Wildman–Crippen MR) is 168 cm³/mol. The molecule has 8 rings (SSSR count). The average Bonchev–Trinajstić information content (AvgIpc) is 3.77. The van der Waals surface area contributed by atoms with Gasteiger partial charge in [-0.1, -0.05) is 60.7 Å². The van der Waals surface area contributed by atoms with Crippen molar-refractivity contribution >= 4 is 46.4 Å². The first kappa shape index (κ1) is 29.3. The number of non-ortho nitro benzene ring substituents is 2. The highest BCUT2D eigenvalue weighted by atomic mass is 16.6. The van der Waals surface area contributed by atoms with Crippen molar-refractivity contribution in [2.75, 3.05) is 9.80 Å². The van der Waals surface area contributed by atoms with Crippen LogP contribution in [-0.2, 0) is 19.2 Å². The Morgan fingerprint density at radius 3 is 1.08 bits per heavy atom. The van der Waals surface area contributed by atoms with Gasteiger partial charge in [-0.3, -0.25) is 39.4 Å². The summed E-state index contributed by atoms with van der Waals surface area (Å²) >= 11 is 0. The number of hydrazine groups is 1. The van der Waals surface area contributed by atoms with Crippen molar-refractivity contribution < 1.29 is 29.0 Å². The van der Waals surface area contributed by atoms with Gasteiger partial charge in [-0.2, -0.15) is 0 Å². The number of hydrogen-bond acceptors (Lipinski definition) is 10. The molecule has 238 valence electrons. The molecule has 14 heteroatoms. The highest BCUT2D eigenvalue weighted by molar-refractivity contribution is 6.26. The van der Waals surface area contributed by atoms with Gasteiger partial charge in [-0.05, 0) is 35.4 Å². The number of anilines is 2. The van der Waals surface area contributed by atoms with Gasteiger partial charge in [-0.15, -0.1) is 0 Å². The molecule has 0 aromatic heterocycles. The minimum absolute atomic E-state index is 0.176. The van der Waals surface area contributed by atoms with Crippen molar-refractivity contribution in [2.45, 2.75) is 24.2 Å². The zero-order valence-electron chi connectivity index (χ0n) is 24.8. The van der Waals surface area contributed by atoms with Gasteiger partial charge < -0.3 is 0 Å². The minimum atomic E-state index is -1.10. The fourth-order valence-corrected chi connectivity index (χ4v) is 7.75. The molecule has 14 nitrogen and oxygen atoms in total. The highest BCUT2D eigenvalue weighted by Crippen LogP contribution is 2.59. The summed E-state index contributed by atoms with van der Waals surface area (Å²) < 4.78 is 0. The Morgan fingerprint density at radius 1 is 0.438 bits per heavy atom. The van der Waals surface area contributed by atoms with Crippen LogP contribution in [0, 0.1) is 32.1 Å². The van der Waals surface area contributed by atoms with Crippen LogP contribution >= 0.6 is 0 Å². The summed E-state index contributed by atoms with van der Waals surface area (Å²) in [5.74, 6) is -4.19. The lowest BCUT2D eigenvalue weighted by Gasteiger charge is -2.35. The zero-order valence-corrected chi connectivity index (χ0v) is 24.8. The monoisotopic (exact) mass is 644 g/mol. The number of nitrogens with zero attached hydrogens (tertiary/aromatic N) is 6. The van der Waals surface area contributed by atoms with E-state index in [9.17, 15) is 39.4 Å². The van der Waals surface area contributed by atoms with Crippen molar-refractivity contribution in [1.29, 1.82) is 0 Å². The number of fused-ring (bicyclic) bond motifs is 5. The van der Waals surface area contributed by atoms with Crippen molar-refractivity contribution in [3.8, 4) is 0 Å². The van der Waals surface area contributed by atoms with Crippen LogP contribution in [0.5, 0.6) is 0 Å². The van der Waals surface area contributed by atoms with Crippen LogP contribution in [-0.4, -0.2) is 55.6 Å². The van der Waals surface area contributed by atoms with Crippen molar-refractivity contribution in [2.24, 2.45) is 11.8 Å². The summed E-state index contributed by atoms with van der Waals surface area (Å²) in [6.45, 7) is 0. The molecule has 6 atom stereocenters. The van der Waals surface area contributed by atoms with Crippen molar-refractivity contribution in [3.63, 3.8) is 0 Å². The Bertz CT molecular complexity index is 1880. The lowest BCUT2D eigenvalue weighted by molar-refractivity contribution is -0.385. The molecule has 0 aliphatic carbocycles. The molecule has 4 fully saturated rings. The second kappa shape index (κ2) is 10.7. The van der Waals surface area contributed by atoms with E-state index in [2.05, 4.69) is 0 Å². The maximum atomic E-state index is 14.4. The number of rotatable bonds is 6. The average molecular weight is 645 g/mol. The summed E-state index contributed by atoms with van der Waals surface area (Å²) in [6.07, 6.45) is 0. The van der Waals surface area contributed by atoms with Gasteiger partial charge in [0, 0.05) is 24.3 Å². The summed E-state index contributed by atoms with van der Waals surface area (Å²) in [5, 5.41) is 26.0. The van der Waals surface area contributed by atoms with Gasteiger partial charge in [0.05, 0.1) is 45.1 Å². The Hall–Kier alpha value is -6.12. The lowest BCUT2D eigenvalue weighted by atomic mass is 9.84. The molecule has 0 N–H and O–H groups in total. The highest BCUT2D eigenvalue weighted by Gasteiger charge is 2.73. The topological polar surface area (TPSA) is 168 Å². The van der Waals surface area contributed by atoms with Crippen LogP contribution in [0.4, 0.5) is 22.7 Å². The number of carbonyl (C=O) groups is 4. The maximum Gasteiger partial charge on any atom is 0.269 e. The van der Waals surface area contributed by atoms with E-state index in [4.69, 9.17) is 0 Å². The van der Waals surface area contributed by atoms with Crippen LogP contribution < -0.4 is 9.80 Å². The number of benzene rings is 4. The van der Waals surface area contributed by atoms with Crippen molar-refractivity contribution in [1.82, 2.24) is 10.0 Å². The van der Waals surface area contributed by atoms with Gasteiger partial charge in [0.1, 0.15) is 12.1 Å². The standard InChI is InChI=1S/C34H24N6O8/c41-31-25-27(19-7-3-1-4-8-19)37-30-26(32(42)36(34(30)44)22-13-17-24(18-14-22)40(47)48)28(20-9-5-2-6-10-20)38(37)29(25)33(43)35(31)21-11-15-23(16-12-21)39(45)46/h1-18,25-30H/t25-,26+,27-,28-,29-,30+/m0/s1. The Kier molecular flexibility index (Phi) is 6.54. The molecule has 0 spiro atoms. The molecular formula is C34H24N6O8. The molecule has 4 aromatic rings. The van der Waals surface area contributed by atoms with Crippen LogP contribution in [0.25, 0.3) is 0 Å². The van der Waals surface area contributed by atoms with E-state index in [1.807, 2.05) is 0 Å². The third-order valence-corrected chi connectivity index (χ3v) is 9.64. The van der Waals surface area contributed by atoms with Crippen LogP contribution in [0.2, 0.25) is 0 Å². The van der Waals surface area contributed by atoms with Gasteiger partial charge >= 0.3 is 0 Å². The number of imide groups is 2. The van der Waals surface area contributed by atoms with Gasteiger partial charge in [0.15, 0.2) is 0 Å². The molecule has 4 aromatic carbocycles. The normalized spacial score (nSPS) is 26.6. The van der Waals surface area contributed by atoms with E-state index in [1.54, 1.807) is 70.7 Å². The molecule has 4 amide bonds. The Morgan fingerprint density at radius 2 is 0.771 bits per heavy atom. The first-order valence-electron chi connectivity index (χ1n) is 15.1. The first-order chi connectivity index (χ1) is 23.2. The van der Waals surface area contributed by atoms with Gasteiger partial charge in [-0.25, -0.2) is 19.8 Å². The number of amides is 4. The van der Waals surface area contributed by atoms with Crippen molar-refractivity contribution in [3.05, 3.63) is 141 Å². The molecule has 48 heavy (non-hydrogen) atoms. The molecule has 0 bridgehead atoms. The molecule has 0 radical (unpaired) electrons. The molecule has 4 aliphatic heterocycles. The summed E-state index contributed by atoms with van der Waals surface area (Å²) in [4.78, 5) is 81.1. The van der Waals surface area contributed by atoms with E-state index in [0.717, 1.165) is 9.80 Å². The molecule has 0 saturated carbocycles. The predicted octanol–water partition coefficient (Wildman–Crippen LogP) is 3.95. The van der Waals surface area contributed by atoms with E-state index in [-0.39, 0.29) is 22.7 Å². The third-order valence-electron chi connectivity index (χ3n) is 9.64. The smallest absolute Gasteiger partial charge is 0.269 e. The largest absolute Gasteiger partial charge is 0.274 e. The lowest BCUT2D eigenvalue weighted by Crippen LogP contribution is -2.50. The SMILES string of the molecule is O=C1[C@@H]2[C@@H](C(=O)N1c1ccc([N+](=O)[O-])cc1)N1[C@@H](c3ccccc3)[C@H]3C(=O)N(c4ccc([N+](=O)[O-])cc4)C(=O)[C@@H]3N1[C@H]2c1ccccc1. The first-order valence-corrected chi connectivity index (χ1v) is 15.1. The molecule has 4 saturated heterocycles. The second-order valence-corrected chi connectivity index (χ2v) is 12.0. The third kappa shape index (κ3) is 4.06. The van der Waals surface area contributed by atoms with Crippen LogP contribution in [0.15, 0.2) is 109 Å². The minimum Gasteiger partial charge on any atom is -0.274 e. The molecule has 4 heterocycles. The number of nitro benzene ring substituents is 2. The number of carbonyl (C=O) groups excluding carboxylic acids is 4. The fourth-order valence-electron chi connectivity index (χ4n) is 7.75. The van der Waals surface area contributed by atoms with E-state index < -0.39 is 69.5 Å². The second-order valence-electron chi connectivity index (χ2n) is 12.0. The number of hydrogen-bond donors (Lipinski definition) is 0. The zero-order chi connectivity index (χ0) is 33.4. The summed E-state index contributed by atoms with van der Waals surface area (Å²) in [5.41, 5.74) is 1.27. The van der Waals surface area contributed by atoms with Crippen LogP contribution in [0.1, 0.15) is 23.2 Å². The van der Waals surface area contributed by atoms with Gasteiger partial charge in [0.25, 0.3) is 23.2 Å². The van der Waals surface area contributed by atoms with Gasteiger partial charge in [0.2, 0.25) is 11.8 Å². The maximum absolute atomic E-state index is 14.4. The van der Waals surface area contributed by atoms with E-state index in [0.29, 0.717) is 11.1 Å². The van der Waals surface area contributed by atoms with E-state index in [1.165, 1.54) is 48.5 Å². The fraction of sp³-hybridized carbons (Fsp3) is 0.176. The molecule has 4 aliphatic rings.